The van der Waals surface area contributed by atoms with Crippen LogP contribution in [0.4, 0.5) is 17.2 Å². The van der Waals surface area contributed by atoms with Crippen LogP contribution in [0.2, 0.25) is 0 Å². The van der Waals surface area contributed by atoms with Gasteiger partial charge in [-0.1, -0.05) is 48.5 Å². The lowest BCUT2D eigenvalue weighted by Crippen LogP contribution is -2.41. The molecule has 0 bridgehead atoms. The molecule has 1 aliphatic heterocycles. The van der Waals surface area contributed by atoms with Gasteiger partial charge in [0, 0.05) is 17.7 Å². The van der Waals surface area contributed by atoms with Crippen LogP contribution in [0.1, 0.15) is 29.9 Å². The van der Waals surface area contributed by atoms with E-state index in [2.05, 4.69) is 34.6 Å². The number of benzene rings is 2. The third-order valence-corrected chi connectivity index (χ3v) is 5.69. The van der Waals surface area contributed by atoms with E-state index in [1.807, 2.05) is 47.4 Å². The average molecular weight is 355 g/mol. The Morgan fingerprint density at radius 3 is 2.59 bits per heavy atom. The van der Waals surface area contributed by atoms with Gasteiger partial charge >= 0.3 is 0 Å². The number of pyridine rings is 1. The van der Waals surface area contributed by atoms with E-state index in [0.717, 1.165) is 35.6 Å². The Bertz CT molecular complexity index is 980. The van der Waals surface area contributed by atoms with Crippen LogP contribution in [0.25, 0.3) is 0 Å². The Balaban J connectivity index is 1.41. The number of rotatable bonds is 2. The molecule has 2 aliphatic rings. The Morgan fingerprint density at radius 2 is 1.74 bits per heavy atom. The molecule has 0 saturated heterocycles. The predicted octanol–water partition coefficient (Wildman–Crippen LogP) is 4.87. The van der Waals surface area contributed by atoms with Gasteiger partial charge in [-0.25, -0.2) is 4.98 Å². The molecule has 5 rings (SSSR count). The molecular formula is C23H21N3O. The van der Waals surface area contributed by atoms with Gasteiger partial charge in [0.05, 0.1) is 17.9 Å². The first kappa shape index (κ1) is 16.1. The molecule has 3 aromatic rings. The molecular weight excluding hydrogens is 334 g/mol. The number of aromatic nitrogens is 1. The Morgan fingerprint density at radius 1 is 0.963 bits per heavy atom. The van der Waals surface area contributed by atoms with E-state index < -0.39 is 0 Å². The second-order valence-electron chi connectivity index (χ2n) is 7.35. The minimum absolute atomic E-state index is 0.0847. The summed E-state index contributed by atoms with van der Waals surface area (Å²) in [5.74, 6) is 1.63. The maximum absolute atomic E-state index is 13.4. The number of para-hydroxylation sites is 2. The summed E-state index contributed by atoms with van der Waals surface area (Å²) < 4.78 is 0. The molecule has 1 fully saturated rings. The molecule has 0 atom stereocenters. The summed E-state index contributed by atoms with van der Waals surface area (Å²) in [5, 5.41) is 3.39. The lowest BCUT2D eigenvalue weighted by molar-refractivity contribution is -0.125. The Hall–Kier alpha value is -3.14. The van der Waals surface area contributed by atoms with E-state index >= 15 is 0 Å². The van der Waals surface area contributed by atoms with E-state index in [9.17, 15) is 4.79 Å². The van der Waals surface area contributed by atoms with Crippen LogP contribution in [-0.4, -0.2) is 10.9 Å². The van der Waals surface area contributed by atoms with Crippen molar-refractivity contribution in [2.75, 3.05) is 10.2 Å². The van der Waals surface area contributed by atoms with Crippen molar-refractivity contribution < 1.29 is 4.79 Å². The van der Waals surface area contributed by atoms with Gasteiger partial charge in [0.15, 0.2) is 0 Å². The highest BCUT2D eigenvalue weighted by molar-refractivity contribution is 6.00. The van der Waals surface area contributed by atoms with Crippen molar-refractivity contribution in [3.8, 4) is 0 Å². The number of fused-ring (bicyclic) bond motifs is 2. The lowest BCUT2D eigenvalue weighted by Gasteiger charge is -2.38. The number of amides is 1. The number of carbonyl (C=O) groups excluding carboxylic acids is 1. The van der Waals surface area contributed by atoms with Gasteiger partial charge in [0.1, 0.15) is 5.82 Å². The molecule has 4 heteroatoms. The molecule has 2 heterocycles. The van der Waals surface area contributed by atoms with Crippen molar-refractivity contribution >= 4 is 23.1 Å². The largest absolute Gasteiger partial charge is 0.338 e. The zero-order chi connectivity index (χ0) is 18.2. The molecule has 2 aromatic carbocycles. The summed E-state index contributed by atoms with van der Waals surface area (Å²) in [6.07, 6.45) is 3.63. The molecule has 4 nitrogen and oxygen atoms in total. The van der Waals surface area contributed by atoms with Gasteiger partial charge in [0.2, 0.25) is 5.91 Å². The van der Waals surface area contributed by atoms with Crippen molar-refractivity contribution in [2.45, 2.75) is 25.3 Å². The fourth-order valence-electron chi connectivity index (χ4n) is 4.11. The number of nitrogens with zero attached hydrogens (tertiary/aromatic N) is 2. The standard InChI is InChI=1S/C23H21N3O/c27-23(19-13-18(14-19)16-7-2-1-3-8-16)26-15-17-9-6-12-24-22(17)25-20-10-4-5-11-21(20)26/h1-12,18-19H,13-15H2,(H,24,25). The maximum atomic E-state index is 13.4. The summed E-state index contributed by atoms with van der Waals surface area (Å²) in [7, 11) is 0. The molecule has 1 amide bonds. The number of anilines is 3. The summed E-state index contributed by atoms with van der Waals surface area (Å²) in [6.45, 7) is 0.554. The smallest absolute Gasteiger partial charge is 0.230 e. The van der Waals surface area contributed by atoms with Gasteiger partial charge in [-0.15, -0.1) is 0 Å². The van der Waals surface area contributed by atoms with Crippen LogP contribution < -0.4 is 10.2 Å². The highest BCUT2D eigenvalue weighted by Crippen LogP contribution is 2.44. The van der Waals surface area contributed by atoms with Crippen molar-refractivity contribution in [2.24, 2.45) is 5.92 Å². The molecule has 1 aliphatic carbocycles. The van der Waals surface area contributed by atoms with Gasteiger partial charge in [-0.05, 0) is 42.5 Å². The number of nitrogens with one attached hydrogen (secondary N) is 1. The molecule has 0 radical (unpaired) electrons. The third kappa shape index (κ3) is 2.87. The topological polar surface area (TPSA) is 45.2 Å². The minimum atomic E-state index is 0.0847. The summed E-state index contributed by atoms with van der Waals surface area (Å²) in [4.78, 5) is 19.7. The van der Waals surface area contributed by atoms with E-state index in [0.29, 0.717) is 12.5 Å². The fourth-order valence-corrected chi connectivity index (χ4v) is 4.11. The molecule has 134 valence electrons. The highest BCUT2D eigenvalue weighted by Gasteiger charge is 2.39. The second kappa shape index (κ2) is 6.54. The average Bonchev–Trinajstić information content (AvgIpc) is 2.84. The zero-order valence-electron chi connectivity index (χ0n) is 15.0. The summed E-state index contributed by atoms with van der Waals surface area (Å²) >= 11 is 0. The molecule has 0 spiro atoms. The van der Waals surface area contributed by atoms with E-state index in [1.54, 1.807) is 6.20 Å². The monoisotopic (exact) mass is 355 g/mol. The normalized spacial score (nSPS) is 20.5. The van der Waals surface area contributed by atoms with Crippen molar-refractivity contribution in [1.82, 2.24) is 4.98 Å². The second-order valence-corrected chi connectivity index (χ2v) is 7.35. The van der Waals surface area contributed by atoms with Gasteiger partial charge in [0.25, 0.3) is 0 Å². The molecule has 0 unspecified atom stereocenters. The Labute approximate surface area is 158 Å². The first-order valence-corrected chi connectivity index (χ1v) is 9.46. The number of carbonyl (C=O) groups is 1. The van der Waals surface area contributed by atoms with Crippen LogP contribution in [-0.2, 0) is 11.3 Å². The molecule has 1 aromatic heterocycles. The van der Waals surface area contributed by atoms with Crippen molar-refractivity contribution in [1.29, 1.82) is 0 Å². The maximum Gasteiger partial charge on any atom is 0.230 e. The van der Waals surface area contributed by atoms with E-state index in [-0.39, 0.29) is 11.8 Å². The van der Waals surface area contributed by atoms with Crippen LogP contribution in [0.3, 0.4) is 0 Å². The molecule has 27 heavy (non-hydrogen) atoms. The minimum Gasteiger partial charge on any atom is -0.338 e. The zero-order valence-corrected chi connectivity index (χ0v) is 15.0. The van der Waals surface area contributed by atoms with Crippen LogP contribution >= 0.6 is 0 Å². The first-order chi connectivity index (χ1) is 13.3. The van der Waals surface area contributed by atoms with Gasteiger partial charge in [-0.3, -0.25) is 4.79 Å². The third-order valence-electron chi connectivity index (χ3n) is 5.69. The lowest BCUT2D eigenvalue weighted by atomic mass is 9.71. The predicted molar refractivity (Wildman–Crippen MR) is 107 cm³/mol. The number of hydrogen-bond acceptors (Lipinski definition) is 3. The van der Waals surface area contributed by atoms with E-state index in [4.69, 9.17) is 0 Å². The number of hydrogen-bond donors (Lipinski definition) is 1. The van der Waals surface area contributed by atoms with Crippen molar-refractivity contribution in [3.63, 3.8) is 0 Å². The van der Waals surface area contributed by atoms with Crippen LogP contribution in [0.15, 0.2) is 72.9 Å². The van der Waals surface area contributed by atoms with Crippen molar-refractivity contribution in [3.05, 3.63) is 84.1 Å². The Kier molecular flexibility index (Phi) is 3.89. The fraction of sp³-hybridized carbons (Fsp3) is 0.217. The first-order valence-electron chi connectivity index (χ1n) is 9.46. The highest BCUT2D eigenvalue weighted by atomic mass is 16.2. The SMILES string of the molecule is O=C(C1CC(c2ccccc2)C1)N1Cc2cccnc2Nc2ccccc21. The molecule has 1 N–H and O–H groups in total. The van der Waals surface area contributed by atoms with Crippen LogP contribution in [0.5, 0.6) is 0 Å². The van der Waals surface area contributed by atoms with Crippen LogP contribution in [0, 0.1) is 5.92 Å². The quantitative estimate of drug-likeness (QED) is 0.714. The summed E-state index contributed by atoms with van der Waals surface area (Å²) in [6, 6.07) is 22.5. The van der Waals surface area contributed by atoms with E-state index in [1.165, 1.54) is 5.56 Å². The molecule has 1 saturated carbocycles. The van der Waals surface area contributed by atoms with Gasteiger partial charge < -0.3 is 10.2 Å². The van der Waals surface area contributed by atoms with Gasteiger partial charge in [-0.2, -0.15) is 0 Å². The summed E-state index contributed by atoms with van der Waals surface area (Å²) in [5.41, 5.74) is 4.25.